The molecule has 0 spiro atoms. The van der Waals surface area contributed by atoms with Crippen LogP contribution in [0.4, 0.5) is 0 Å². The number of hydrogen-bond acceptors (Lipinski definition) is 5. The molecule has 0 bridgehead atoms. The summed E-state index contributed by atoms with van der Waals surface area (Å²) in [5.41, 5.74) is 6.23. The highest BCUT2D eigenvalue weighted by atomic mass is 32.2. The summed E-state index contributed by atoms with van der Waals surface area (Å²) in [6, 6.07) is 11.9. The number of fused-ring (bicyclic) bond motifs is 1. The van der Waals surface area contributed by atoms with Gasteiger partial charge < -0.3 is 15.7 Å². The average Bonchev–Trinajstić information content (AvgIpc) is 2.59. The van der Waals surface area contributed by atoms with Crippen molar-refractivity contribution in [2.45, 2.75) is 19.0 Å². The molecule has 2 rings (SSSR count). The molecule has 0 aromatic heterocycles. The number of nitrogens with zero attached hydrogens (tertiary/aromatic N) is 1. The summed E-state index contributed by atoms with van der Waals surface area (Å²) < 4.78 is 22.9. The first-order chi connectivity index (χ1) is 12.2. The quantitative estimate of drug-likeness (QED) is 0.708. The molecular weight excluding hydrogens is 356 g/mol. The van der Waals surface area contributed by atoms with Crippen molar-refractivity contribution in [1.29, 1.82) is 0 Å². The summed E-state index contributed by atoms with van der Waals surface area (Å²) in [7, 11) is -3.36. The molecule has 8 heteroatoms. The Morgan fingerprint density at radius 1 is 1.15 bits per heavy atom. The van der Waals surface area contributed by atoms with Crippen LogP contribution in [0.25, 0.3) is 10.8 Å². The molecule has 0 aliphatic heterocycles. The lowest BCUT2D eigenvalue weighted by Crippen LogP contribution is -2.47. The van der Waals surface area contributed by atoms with Crippen molar-refractivity contribution in [2.75, 3.05) is 18.6 Å². The summed E-state index contributed by atoms with van der Waals surface area (Å²) in [5.74, 6) is -2.12. The summed E-state index contributed by atoms with van der Waals surface area (Å²) in [6.07, 6.45) is 0.844. The number of carboxylic acids is 1. The van der Waals surface area contributed by atoms with Crippen LogP contribution in [0.1, 0.15) is 12.0 Å². The van der Waals surface area contributed by atoms with E-state index in [-0.39, 0.29) is 25.3 Å². The van der Waals surface area contributed by atoms with Crippen molar-refractivity contribution >= 4 is 32.5 Å². The smallest absolute Gasteiger partial charge is 0.326 e. The predicted molar refractivity (Wildman–Crippen MR) is 99.3 cm³/mol. The van der Waals surface area contributed by atoms with Crippen LogP contribution < -0.4 is 5.73 Å². The highest BCUT2D eigenvalue weighted by molar-refractivity contribution is 7.90. The van der Waals surface area contributed by atoms with E-state index < -0.39 is 27.8 Å². The van der Waals surface area contributed by atoms with E-state index in [0.717, 1.165) is 27.5 Å². The first-order valence-electron chi connectivity index (χ1n) is 8.09. The predicted octanol–water partition coefficient (Wildman–Crippen LogP) is 1.01. The van der Waals surface area contributed by atoms with Crippen LogP contribution in [-0.4, -0.2) is 54.9 Å². The number of carbonyl (C=O) groups is 2. The highest BCUT2D eigenvalue weighted by Crippen LogP contribution is 2.22. The number of amides is 1. The normalized spacial score (nSPS) is 12.7. The number of sulfone groups is 1. The van der Waals surface area contributed by atoms with E-state index in [2.05, 4.69) is 0 Å². The molecule has 7 nitrogen and oxygen atoms in total. The lowest BCUT2D eigenvalue weighted by Gasteiger charge is -2.29. The fraction of sp³-hybridized carbons (Fsp3) is 0.333. The van der Waals surface area contributed by atoms with Gasteiger partial charge in [0.05, 0.1) is 12.3 Å². The molecule has 0 saturated heterocycles. The Morgan fingerprint density at radius 2 is 1.81 bits per heavy atom. The minimum atomic E-state index is -3.36. The Kier molecular flexibility index (Phi) is 6.33. The van der Waals surface area contributed by atoms with E-state index in [1.165, 1.54) is 0 Å². The van der Waals surface area contributed by atoms with Crippen LogP contribution in [0.2, 0.25) is 0 Å². The topological polar surface area (TPSA) is 118 Å². The van der Waals surface area contributed by atoms with Gasteiger partial charge in [0.25, 0.3) is 0 Å². The van der Waals surface area contributed by atoms with E-state index in [1.54, 1.807) is 0 Å². The maximum absolute atomic E-state index is 12.3. The fourth-order valence-electron chi connectivity index (χ4n) is 2.84. The van der Waals surface area contributed by atoms with E-state index >= 15 is 0 Å². The zero-order chi connectivity index (χ0) is 19.3. The van der Waals surface area contributed by atoms with Crippen molar-refractivity contribution in [1.82, 2.24) is 4.90 Å². The van der Waals surface area contributed by atoms with Gasteiger partial charge in [-0.2, -0.15) is 0 Å². The third-order valence-corrected chi connectivity index (χ3v) is 5.12. The molecule has 1 amide bonds. The first-order valence-corrected chi connectivity index (χ1v) is 10.2. The van der Waals surface area contributed by atoms with Gasteiger partial charge in [0.2, 0.25) is 5.91 Å². The van der Waals surface area contributed by atoms with Gasteiger partial charge in [-0.1, -0.05) is 42.5 Å². The number of rotatable bonds is 8. The average molecular weight is 378 g/mol. The molecule has 2 aromatic carbocycles. The van der Waals surface area contributed by atoms with Crippen LogP contribution in [0.15, 0.2) is 42.5 Å². The van der Waals surface area contributed by atoms with E-state index in [0.29, 0.717) is 0 Å². The molecule has 0 unspecified atom stereocenters. The zero-order valence-corrected chi connectivity index (χ0v) is 15.3. The zero-order valence-electron chi connectivity index (χ0n) is 14.5. The number of hydrogen-bond donors (Lipinski definition) is 2. The molecule has 0 saturated carbocycles. The third-order valence-electron chi connectivity index (χ3n) is 4.14. The lowest BCUT2D eigenvalue weighted by atomic mass is 10.0. The second-order valence-corrected chi connectivity index (χ2v) is 8.40. The fourth-order valence-corrected chi connectivity index (χ4v) is 3.49. The van der Waals surface area contributed by atoms with Crippen molar-refractivity contribution in [2.24, 2.45) is 5.73 Å². The van der Waals surface area contributed by atoms with Gasteiger partial charge in [-0.15, -0.1) is 0 Å². The van der Waals surface area contributed by atoms with Crippen molar-refractivity contribution < 1.29 is 23.1 Å². The van der Waals surface area contributed by atoms with Crippen LogP contribution in [0, 0.1) is 0 Å². The Morgan fingerprint density at radius 3 is 2.42 bits per heavy atom. The molecule has 0 radical (unpaired) electrons. The summed E-state index contributed by atoms with van der Waals surface area (Å²) in [5, 5.41) is 11.4. The first kappa shape index (κ1) is 19.9. The van der Waals surface area contributed by atoms with Gasteiger partial charge in [0.15, 0.2) is 0 Å². The third kappa shape index (κ3) is 5.03. The number of carbonyl (C=O) groups excluding carboxylic acids is 1. The Labute approximate surface area is 152 Å². The molecule has 0 aliphatic carbocycles. The number of aliphatic carboxylic acids is 1. The van der Waals surface area contributed by atoms with E-state index in [1.807, 2.05) is 42.5 Å². The molecule has 3 N–H and O–H groups in total. The number of benzene rings is 2. The van der Waals surface area contributed by atoms with Gasteiger partial charge in [-0.25, -0.2) is 13.2 Å². The van der Waals surface area contributed by atoms with Crippen LogP contribution in [0.5, 0.6) is 0 Å². The van der Waals surface area contributed by atoms with Crippen LogP contribution in [-0.2, 0) is 26.0 Å². The van der Waals surface area contributed by atoms with Crippen molar-refractivity contribution in [3.05, 3.63) is 48.0 Å². The Balaban J connectivity index is 2.39. The minimum absolute atomic E-state index is 0.0398. The second-order valence-electron chi connectivity index (χ2n) is 6.14. The standard InChI is InChI=1S/C18H22N2O5S/c1-26(24,25)10-9-16(18(22)23)20(17(21)11-19)12-14-7-4-6-13-5-2-3-8-15(13)14/h2-8,16H,9-12,19H2,1H3,(H,22,23)/t16-/m0/s1. The van der Waals surface area contributed by atoms with E-state index in [4.69, 9.17) is 5.73 Å². The van der Waals surface area contributed by atoms with Crippen LogP contribution >= 0.6 is 0 Å². The summed E-state index contributed by atoms with van der Waals surface area (Å²) >= 11 is 0. The number of nitrogens with two attached hydrogens (primary N) is 1. The molecule has 2 aromatic rings. The summed E-state index contributed by atoms with van der Waals surface area (Å²) in [6.45, 7) is -0.314. The van der Waals surface area contributed by atoms with Crippen molar-refractivity contribution in [3.63, 3.8) is 0 Å². The maximum Gasteiger partial charge on any atom is 0.326 e. The Hall–Kier alpha value is -2.45. The minimum Gasteiger partial charge on any atom is -0.480 e. The molecular formula is C18H22N2O5S. The monoisotopic (exact) mass is 378 g/mol. The largest absolute Gasteiger partial charge is 0.480 e. The van der Waals surface area contributed by atoms with Crippen molar-refractivity contribution in [3.8, 4) is 0 Å². The second kappa shape index (κ2) is 8.29. The van der Waals surface area contributed by atoms with Gasteiger partial charge in [-0.3, -0.25) is 4.79 Å². The van der Waals surface area contributed by atoms with Gasteiger partial charge in [-0.05, 0) is 22.8 Å². The van der Waals surface area contributed by atoms with Gasteiger partial charge in [0.1, 0.15) is 15.9 Å². The van der Waals surface area contributed by atoms with Gasteiger partial charge in [0, 0.05) is 12.8 Å². The molecule has 140 valence electrons. The van der Waals surface area contributed by atoms with Gasteiger partial charge >= 0.3 is 5.97 Å². The lowest BCUT2D eigenvalue weighted by molar-refractivity contribution is -0.150. The van der Waals surface area contributed by atoms with E-state index in [9.17, 15) is 23.1 Å². The Bertz CT molecular complexity index is 905. The van der Waals surface area contributed by atoms with Crippen LogP contribution in [0.3, 0.4) is 0 Å². The maximum atomic E-state index is 12.3. The molecule has 0 aliphatic rings. The molecule has 1 atom stereocenters. The highest BCUT2D eigenvalue weighted by Gasteiger charge is 2.30. The molecule has 0 fully saturated rings. The molecule has 0 heterocycles. The summed E-state index contributed by atoms with van der Waals surface area (Å²) in [4.78, 5) is 25.2. The molecule has 26 heavy (non-hydrogen) atoms. The SMILES string of the molecule is CS(=O)(=O)CC[C@@H](C(=O)O)N(Cc1cccc2ccccc12)C(=O)CN. The number of carboxylic acid groups (broad SMARTS) is 1.